The maximum absolute atomic E-state index is 5.71. The first-order valence-electron chi connectivity index (χ1n) is 5.36. The highest BCUT2D eigenvalue weighted by molar-refractivity contribution is 5.53. The standard InChI is InChI=1S/C11H17N3O/c1-2-11-8-14(3-4-15-11)10-5-9(12)6-13-7-10/h5-7,11H,2-4,8,12H2,1H3. The SMILES string of the molecule is CCC1CN(c2cncc(N)c2)CCO1. The molecule has 0 saturated carbocycles. The van der Waals surface area contributed by atoms with Crippen LogP contribution in [0.5, 0.6) is 0 Å². The summed E-state index contributed by atoms with van der Waals surface area (Å²) in [5, 5.41) is 0. The van der Waals surface area contributed by atoms with Crippen molar-refractivity contribution in [3.8, 4) is 0 Å². The molecule has 1 aliphatic heterocycles. The number of hydrogen-bond acceptors (Lipinski definition) is 4. The Morgan fingerprint density at radius 2 is 2.47 bits per heavy atom. The lowest BCUT2D eigenvalue weighted by Crippen LogP contribution is -2.42. The molecule has 1 aromatic heterocycles. The molecular weight excluding hydrogens is 190 g/mol. The Labute approximate surface area is 90.0 Å². The van der Waals surface area contributed by atoms with Gasteiger partial charge in [-0.15, -0.1) is 0 Å². The summed E-state index contributed by atoms with van der Waals surface area (Å²) in [6.07, 6.45) is 4.90. The van der Waals surface area contributed by atoms with E-state index in [1.165, 1.54) is 0 Å². The van der Waals surface area contributed by atoms with Gasteiger partial charge >= 0.3 is 0 Å². The number of morpholine rings is 1. The molecule has 15 heavy (non-hydrogen) atoms. The average Bonchev–Trinajstić information content (AvgIpc) is 2.29. The van der Waals surface area contributed by atoms with Crippen molar-refractivity contribution in [2.24, 2.45) is 0 Å². The predicted molar refractivity (Wildman–Crippen MR) is 60.9 cm³/mol. The minimum Gasteiger partial charge on any atom is -0.397 e. The Balaban J connectivity index is 2.09. The van der Waals surface area contributed by atoms with Crippen LogP contribution in [0.2, 0.25) is 0 Å². The summed E-state index contributed by atoms with van der Waals surface area (Å²) in [6.45, 7) is 4.78. The number of ether oxygens (including phenoxy) is 1. The maximum atomic E-state index is 5.71. The van der Waals surface area contributed by atoms with Gasteiger partial charge in [-0.05, 0) is 12.5 Å². The zero-order chi connectivity index (χ0) is 10.7. The van der Waals surface area contributed by atoms with Gasteiger partial charge in [-0.1, -0.05) is 6.92 Å². The molecule has 1 unspecified atom stereocenters. The Kier molecular flexibility index (Phi) is 3.06. The minimum atomic E-state index is 0.334. The summed E-state index contributed by atoms with van der Waals surface area (Å²) < 4.78 is 5.62. The minimum absolute atomic E-state index is 0.334. The number of nitrogens with zero attached hydrogens (tertiary/aromatic N) is 2. The van der Waals surface area contributed by atoms with Crippen LogP contribution in [0, 0.1) is 0 Å². The highest BCUT2D eigenvalue weighted by Crippen LogP contribution is 2.19. The molecule has 4 nitrogen and oxygen atoms in total. The van der Waals surface area contributed by atoms with Gasteiger partial charge in [0, 0.05) is 19.3 Å². The van der Waals surface area contributed by atoms with Crippen molar-refractivity contribution in [2.45, 2.75) is 19.4 Å². The van der Waals surface area contributed by atoms with E-state index in [0.29, 0.717) is 11.8 Å². The average molecular weight is 207 g/mol. The quantitative estimate of drug-likeness (QED) is 0.793. The summed E-state index contributed by atoms with van der Waals surface area (Å²) in [5.41, 5.74) is 7.52. The first-order valence-corrected chi connectivity index (χ1v) is 5.36. The van der Waals surface area contributed by atoms with Gasteiger partial charge in [0.25, 0.3) is 0 Å². The Hall–Kier alpha value is -1.29. The van der Waals surface area contributed by atoms with Crippen molar-refractivity contribution in [1.29, 1.82) is 0 Å². The summed E-state index contributed by atoms with van der Waals surface area (Å²) in [7, 11) is 0. The second-order valence-electron chi connectivity index (χ2n) is 3.82. The van der Waals surface area contributed by atoms with Gasteiger partial charge in [-0.25, -0.2) is 0 Å². The lowest BCUT2D eigenvalue weighted by atomic mass is 10.2. The van der Waals surface area contributed by atoms with Gasteiger partial charge in [-0.2, -0.15) is 0 Å². The van der Waals surface area contributed by atoms with E-state index in [-0.39, 0.29) is 0 Å². The van der Waals surface area contributed by atoms with E-state index in [0.717, 1.165) is 31.8 Å². The topological polar surface area (TPSA) is 51.4 Å². The van der Waals surface area contributed by atoms with Gasteiger partial charge in [0.1, 0.15) is 0 Å². The molecule has 1 atom stereocenters. The van der Waals surface area contributed by atoms with Crippen LogP contribution in [-0.2, 0) is 4.74 Å². The highest BCUT2D eigenvalue weighted by atomic mass is 16.5. The number of nitrogens with two attached hydrogens (primary N) is 1. The summed E-state index contributed by atoms with van der Waals surface area (Å²) in [6, 6.07) is 1.96. The fourth-order valence-corrected chi connectivity index (χ4v) is 1.82. The van der Waals surface area contributed by atoms with Crippen LogP contribution in [0.25, 0.3) is 0 Å². The van der Waals surface area contributed by atoms with Gasteiger partial charge in [0.2, 0.25) is 0 Å². The van der Waals surface area contributed by atoms with Crippen molar-refractivity contribution in [3.05, 3.63) is 18.5 Å². The van der Waals surface area contributed by atoms with E-state index in [1.54, 1.807) is 6.20 Å². The molecule has 4 heteroatoms. The molecule has 2 rings (SSSR count). The number of hydrogen-bond donors (Lipinski definition) is 1. The van der Waals surface area contributed by atoms with Crippen LogP contribution in [0.1, 0.15) is 13.3 Å². The smallest absolute Gasteiger partial charge is 0.0748 e. The molecule has 1 fully saturated rings. The Bertz CT molecular complexity index is 329. The second kappa shape index (κ2) is 4.49. The van der Waals surface area contributed by atoms with E-state index in [1.807, 2.05) is 12.3 Å². The number of nitrogen functional groups attached to an aromatic ring is 1. The molecule has 0 radical (unpaired) electrons. The molecule has 2 heterocycles. The van der Waals surface area contributed by atoms with E-state index in [4.69, 9.17) is 10.5 Å². The van der Waals surface area contributed by atoms with Crippen molar-refractivity contribution in [1.82, 2.24) is 4.98 Å². The number of aromatic nitrogens is 1. The summed E-state index contributed by atoms with van der Waals surface area (Å²) in [5.74, 6) is 0. The first kappa shape index (κ1) is 10.2. The van der Waals surface area contributed by atoms with E-state index in [2.05, 4.69) is 16.8 Å². The molecule has 82 valence electrons. The third-order valence-corrected chi connectivity index (χ3v) is 2.70. The third kappa shape index (κ3) is 2.39. The van der Waals surface area contributed by atoms with Crippen molar-refractivity contribution in [2.75, 3.05) is 30.3 Å². The fourth-order valence-electron chi connectivity index (χ4n) is 1.82. The molecule has 1 aromatic rings. The molecule has 0 bridgehead atoms. The van der Waals surface area contributed by atoms with Crippen LogP contribution < -0.4 is 10.6 Å². The second-order valence-corrected chi connectivity index (χ2v) is 3.82. The van der Waals surface area contributed by atoms with Gasteiger partial charge < -0.3 is 15.4 Å². The van der Waals surface area contributed by atoms with Gasteiger partial charge in [-0.3, -0.25) is 4.98 Å². The first-order chi connectivity index (χ1) is 7.29. The Morgan fingerprint density at radius 3 is 3.20 bits per heavy atom. The number of anilines is 2. The maximum Gasteiger partial charge on any atom is 0.0748 e. The van der Waals surface area contributed by atoms with Crippen LogP contribution in [-0.4, -0.2) is 30.8 Å². The van der Waals surface area contributed by atoms with Crippen molar-refractivity contribution >= 4 is 11.4 Å². The van der Waals surface area contributed by atoms with Crippen LogP contribution in [0.4, 0.5) is 11.4 Å². The lowest BCUT2D eigenvalue weighted by molar-refractivity contribution is 0.0384. The normalized spacial score (nSPS) is 21.7. The molecule has 1 aliphatic rings. The monoisotopic (exact) mass is 207 g/mol. The lowest BCUT2D eigenvalue weighted by Gasteiger charge is -2.33. The van der Waals surface area contributed by atoms with E-state index >= 15 is 0 Å². The fraction of sp³-hybridized carbons (Fsp3) is 0.545. The zero-order valence-corrected chi connectivity index (χ0v) is 9.02. The molecule has 0 aliphatic carbocycles. The van der Waals surface area contributed by atoms with E-state index < -0.39 is 0 Å². The van der Waals surface area contributed by atoms with Crippen LogP contribution in [0.3, 0.4) is 0 Å². The molecule has 0 spiro atoms. The summed E-state index contributed by atoms with van der Waals surface area (Å²) >= 11 is 0. The molecule has 1 saturated heterocycles. The van der Waals surface area contributed by atoms with Crippen LogP contribution in [0.15, 0.2) is 18.5 Å². The van der Waals surface area contributed by atoms with Crippen molar-refractivity contribution < 1.29 is 4.74 Å². The molecule has 0 amide bonds. The highest BCUT2D eigenvalue weighted by Gasteiger charge is 2.19. The number of pyridine rings is 1. The molecular formula is C11H17N3O. The predicted octanol–water partition coefficient (Wildman–Crippen LogP) is 1.28. The Morgan fingerprint density at radius 1 is 1.60 bits per heavy atom. The zero-order valence-electron chi connectivity index (χ0n) is 9.02. The molecule has 0 aromatic carbocycles. The third-order valence-electron chi connectivity index (χ3n) is 2.70. The van der Waals surface area contributed by atoms with Crippen molar-refractivity contribution in [3.63, 3.8) is 0 Å². The van der Waals surface area contributed by atoms with Gasteiger partial charge in [0.15, 0.2) is 0 Å². The van der Waals surface area contributed by atoms with Gasteiger partial charge in [0.05, 0.1) is 30.3 Å². The van der Waals surface area contributed by atoms with E-state index in [9.17, 15) is 0 Å². The largest absolute Gasteiger partial charge is 0.397 e. The molecule has 2 N–H and O–H groups in total. The van der Waals surface area contributed by atoms with Crippen LogP contribution >= 0.6 is 0 Å². The summed E-state index contributed by atoms with van der Waals surface area (Å²) in [4.78, 5) is 6.38. The number of rotatable bonds is 2.